The number of fused-ring (bicyclic) bond motifs is 1. The third-order valence-corrected chi connectivity index (χ3v) is 5.72. The van der Waals surface area contributed by atoms with Gasteiger partial charge in [0.1, 0.15) is 5.82 Å². The van der Waals surface area contributed by atoms with Crippen molar-refractivity contribution in [1.29, 1.82) is 0 Å². The van der Waals surface area contributed by atoms with Crippen molar-refractivity contribution in [2.45, 2.75) is 26.8 Å². The highest BCUT2D eigenvalue weighted by molar-refractivity contribution is 7.16. The predicted molar refractivity (Wildman–Crippen MR) is 132 cm³/mol. The van der Waals surface area contributed by atoms with Crippen LogP contribution in [0.15, 0.2) is 42.0 Å². The number of thiazole rings is 1. The number of hydrogen-bond acceptors (Lipinski definition) is 7. The fraction of sp³-hybridized carbons (Fsp3) is 0.261. The monoisotopic (exact) mass is 449 g/mol. The number of amides is 1. The van der Waals surface area contributed by atoms with E-state index in [-0.39, 0.29) is 11.9 Å². The van der Waals surface area contributed by atoms with E-state index in [2.05, 4.69) is 50.8 Å². The summed E-state index contributed by atoms with van der Waals surface area (Å²) in [6.07, 6.45) is 1.81. The van der Waals surface area contributed by atoms with Crippen LogP contribution in [0.5, 0.6) is 0 Å². The van der Waals surface area contributed by atoms with Gasteiger partial charge in [-0.25, -0.2) is 9.97 Å². The molecule has 3 heterocycles. The third-order valence-electron chi connectivity index (χ3n) is 4.93. The second-order valence-electron chi connectivity index (χ2n) is 7.84. The van der Waals surface area contributed by atoms with E-state index in [9.17, 15) is 4.79 Å². The van der Waals surface area contributed by atoms with E-state index in [0.29, 0.717) is 18.7 Å². The first-order valence-electron chi connectivity index (χ1n) is 10.5. The van der Waals surface area contributed by atoms with Gasteiger partial charge in [-0.05, 0) is 45.0 Å². The van der Waals surface area contributed by atoms with Crippen LogP contribution in [-0.4, -0.2) is 40.0 Å². The Hall–Kier alpha value is -3.43. The van der Waals surface area contributed by atoms with Gasteiger partial charge in [-0.3, -0.25) is 4.79 Å². The van der Waals surface area contributed by atoms with Crippen LogP contribution in [0.25, 0.3) is 21.5 Å². The summed E-state index contributed by atoms with van der Waals surface area (Å²) in [5, 5.41) is 9.69. The van der Waals surface area contributed by atoms with Gasteiger partial charge in [0.2, 0.25) is 0 Å². The topological polar surface area (TPSA) is 121 Å². The lowest BCUT2D eigenvalue weighted by Crippen LogP contribution is -2.29. The fourth-order valence-corrected chi connectivity index (χ4v) is 4.19. The molecule has 0 spiro atoms. The first kappa shape index (κ1) is 21.8. The van der Waals surface area contributed by atoms with Crippen molar-refractivity contribution < 1.29 is 4.79 Å². The van der Waals surface area contributed by atoms with E-state index in [1.165, 1.54) is 0 Å². The predicted octanol–water partition coefficient (Wildman–Crippen LogP) is 4.25. The van der Waals surface area contributed by atoms with E-state index < -0.39 is 0 Å². The van der Waals surface area contributed by atoms with Crippen molar-refractivity contribution in [2.24, 2.45) is 5.73 Å². The van der Waals surface area contributed by atoms with Crippen molar-refractivity contribution in [3.8, 4) is 11.3 Å². The maximum Gasteiger partial charge on any atom is 0.253 e. The first-order chi connectivity index (χ1) is 15.4. The summed E-state index contributed by atoms with van der Waals surface area (Å²) in [4.78, 5) is 24.7. The molecular formula is C23H27N7OS. The number of aromatic nitrogens is 3. The number of H-pyrrole nitrogens is 1. The number of aromatic amines is 1. The Morgan fingerprint density at radius 2 is 2.06 bits per heavy atom. The summed E-state index contributed by atoms with van der Waals surface area (Å²) < 4.78 is 1.12. The summed E-state index contributed by atoms with van der Waals surface area (Å²) >= 11 is 1.61. The molecule has 0 atom stereocenters. The molecule has 0 aliphatic rings. The molecule has 0 aliphatic heterocycles. The van der Waals surface area contributed by atoms with Gasteiger partial charge >= 0.3 is 0 Å². The molecule has 32 heavy (non-hydrogen) atoms. The second-order valence-corrected chi connectivity index (χ2v) is 8.73. The fourth-order valence-electron chi connectivity index (χ4n) is 3.47. The molecule has 0 bridgehead atoms. The molecule has 0 radical (unpaired) electrons. The van der Waals surface area contributed by atoms with Gasteiger partial charge in [0.25, 0.3) is 5.91 Å². The maximum absolute atomic E-state index is 12.4. The van der Waals surface area contributed by atoms with Crippen LogP contribution in [0.2, 0.25) is 0 Å². The minimum Gasteiger partial charge on any atom is -0.382 e. The Balaban J connectivity index is 1.64. The van der Waals surface area contributed by atoms with Crippen LogP contribution in [0.3, 0.4) is 0 Å². The Kier molecular flexibility index (Phi) is 6.38. The quantitative estimate of drug-likeness (QED) is 0.274. The minimum atomic E-state index is -0.140. The number of aryl methyl sites for hydroxylation is 1. The van der Waals surface area contributed by atoms with Gasteiger partial charge in [-0.15, -0.1) is 11.3 Å². The molecule has 0 saturated carbocycles. The number of rotatable bonds is 8. The smallest absolute Gasteiger partial charge is 0.253 e. The number of carbonyl (C=O) groups is 1. The number of nitrogens with two attached hydrogens (primary N) is 1. The van der Waals surface area contributed by atoms with Crippen molar-refractivity contribution in [3.05, 3.63) is 53.3 Å². The van der Waals surface area contributed by atoms with Gasteiger partial charge < -0.3 is 26.7 Å². The van der Waals surface area contributed by atoms with Crippen LogP contribution in [0.1, 0.15) is 29.9 Å². The lowest BCUT2D eigenvalue weighted by atomic mass is 10.1. The standard InChI is InChI=1S/C23H27N7OS/c1-13(2)28-20-10-22(30-15-4-5-18-21(8-15)32-12-27-18)26-11-17(20)19-9-16(14(3)29-19)23(31)25-7-6-24/h4-5,8-13,29H,6-7,24H2,1-3H3,(H,25,31)(H2,26,28,30). The number of pyridine rings is 1. The Morgan fingerprint density at radius 3 is 2.84 bits per heavy atom. The molecule has 8 nitrogen and oxygen atoms in total. The summed E-state index contributed by atoms with van der Waals surface area (Å²) in [5.74, 6) is 0.587. The molecule has 0 fully saturated rings. The van der Waals surface area contributed by atoms with Crippen molar-refractivity contribution >= 4 is 44.7 Å². The number of hydrogen-bond donors (Lipinski definition) is 5. The van der Waals surface area contributed by atoms with Gasteiger partial charge in [0, 0.05) is 54.0 Å². The van der Waals surface area contributed by atoms with Gasteiger partial charge in [0.05, 0.1) is 27.0 Å². The van der Waals surface area contributed by atoms with Gasteiger partial charge in [-0.2, -0.15) is 0 Å². The Morgan fingerprint density at radius 1 is 1.22 bits per heavy atom. The lowest BCUT2D eigenvalue weighted by Gasteiger charge is -2.16. The van der Waals surface area contributed by atoms with Crippen LogP contribution in [-0.2, 0) is 0 Å². The summed E-state index contributed by atoms with van der Waals surface area (Å²) in [5.41, 5.74) is 13.3. The zero-order valence-corrected chi connectivity index (χ0v) is 19.1. The third kappa shape index (κ3) is 4.74. The molecule has 1 aromatic carbocycles. The molecule has 9 heteroatoms. The number of benzene rings is 1. The number of anilines is 3. The summed E-state index contributed by atoms with van der Waals surface area (Å²) in [6, 6.07) is 10.1. The van der Waals surface area contributed by atoms with E-state index in [1.807, 2.05) is 42.9 Å². The van der Waals surface area contributed by atoms with Crippen molar-refractivity contribution in [3.63, 3.8) is 0 Å². The van der Waals surface area contributed by atoms with Crippen LogP contribution < -0.4 is 21.7 Å². The molecular weight excluding hydrogens is 422 g/mol. The first-order valence-corrected chi connectivity index (χ1v) is 11.4. The summed E-state index contributed by atoms with van der Waals surface area (Å²) in [6.45, 7) is 6.89. The average Bonchev–Trinajstić information content (AvgIpc) is 3.38. The lowest BCUT2D eigenvalue weighted by molar-refractivity contribution is 0.0954. The van der Waals surface area contributed by atoms with E-state index in [0.717, 1.165) is 44.4 Å². The van der Waals surface area contributed by atoms with Crippen LogP contribution in [0, 0.1) is 6.92 Å². The second kappa shape index (κ2) is 9.37. The molecule has 4 aromatic rings. The van der Waals surface area contributed by atoms with E-state index >= 15 is 0 Å². The number of nitrogens with zero attached hydrogens (tertiary/aromatic N) is 2. The molecule has 3 aromatic heterocycles. The largest absolute Gasteiger partial charge is 0.382 e. The average molecular weight is 450 g/mol. The van der Waals surface area contributed by atoms with E-state index in [1.54, 1.807) is 11.3 Å². The zero-order valence-electron chi connectivity index (χ0n) is 18.3. The summed E-state index contributed by atoms with van der Waals surface area (Å²) in [7, 11) is 0. The number of nitrogens with one attached hydrogen (secondary N) is 4. The highest BCUT2D eigenvalue weighted by Gasteiger charge is 2.16. The SMILES string of the molecule is Cc1[nH]c(-c2cnc(Nc3ccc4ncsc4c3)cc2NC(C)C)cc1C(=O)NCCN. The molecule has 166 valence electrons. The molecule has 0 saturated heterocycles. The Bertz CT molecular complexity index is 1240. The van der Waals surface area contributed by atoms with Crippen LogP contribution >= 0.6 is 11.3 Å². The maximum atomic E-state index is 12.4. The normalized spacial score (nSPS) is 11.2. The van der Waals surface area contributed by atoms with Gasteiger partial charge in [-0.1, -0.05) is 0 Å². The molecule has 6 N–H and O–H groups in total. The highest BCUT2D eigenvalue weighted by atomic mass is 32.1. The van der Waals surface area contributed by atoms with Crippen molar-refractivity contribution in [1.82, 2.24) is 20.3 Å². The van der Waals surface area contributed by atoms with E-state index in [4.69, 9.17) is 5.73 Å². The highest BCUT2D eigenvalue weighted by Crippen LogP contribution is 2.32. The molecule has 0 unspecified atom stereocenters. The molecule has 4 rings (SSSR count). The molecule has 0 aliphatic carbocycles. The van der Waals surface area contributed by atoms with Crippen molar-refractivity contribution in [2.75, 3.05) is 23.7 Å². The minimum absolute atomic E-state index is 0.140. The Labute approximate surface area is 190 Å². The zero-order chi connectivity index (χ0) is 22.7. The number of carbonyl (C=O) groups excluding carboxylic acids is 1. The van der Waals surface area contributed by atoms with Crippen LogP contribution in [0.4, 0.5) is 17.2 Å². The van der Waals surface area contributed by atoms with Gasteiger partial charge in [0.15, 0.2) is 0 Å². The molecule has 1 amide bonds.